The standard InChI is InChI=1S/C44H25NOS/c1-2-11-29(12-3-1)45(31-18-20-38-37(25-31)36-22-27-8-4-5-9-28(27)23-39(36)46-38)30-17-19-32-33-13-6-10-26-16-21-41-44(42(26)33)43-34(35(32)24-30)14-7-15-40(43)47-41/h1-25H. The highest BCUT2D eigenvalue weighted by Crippen LogP contribution is 2.52. The number of rotatable bonds is 3. The van der Waals surface area contributed by atoms with Gasteiger partial charge >= 0.3 is 0 Å². The van der Waals surface area contributed by atoms with Gasteiger partial charge in [0.15, 0.2) is 0 Å². The quantitative estimate of drug-likeness (QED) is 0.197. The molecule has 3 heteroatoms. The van der Waals surface area contributed by atoms with Crippen LogP contribution in [-0.4, -0.2) is 0 Å². The molecule has 1 aliphatic rings. The number of thiophene rings is 1. The molecule has 47 heavy (non-hydrogen) atoms. The van der Waals surface area contributed by atoms with Crippen molar-refractivity contribution in [3.8, 4) is 22.3 Å². The molecule has 0 aliphatic heterocycles. The van der Waals surface area contributed by atoms with Crippen LogP contribution >= 0.6 is 11.3 Å². The minimum Gasteiger partial charge on any atom is -0.456 e. The van der Waals surface area contributed by atoms with Crippen LogP contribution < -0.4 is 4.90 Å². The van der Waals surface area contributed by atoms with Gasteiger partial charge in [0.1, 0.15) is 11.2 Å². The second kappa shape index (κ2) is 9.32. The number of para-hydroxylation sites is 1. The summed E-state index contributed by atoms with van der Waals surface area (Å²) in [4.78, 5) is 2.38. The zero-order valence-electron chi connectivity index (χ0n) is 25.2. The van der Waals surface area contributed by atoms with Crippen LogP contribution in [0.4, 0.5) is 17.1 Å². The van der Waals surface area contributed by atoms with E-state index in [-0.39, 0.29) is 0 Å². The topological polar surface area (TPSA) is 16.4 Å². The lowest BCUT2D eigenvalue weighted by Crippen LogP contribution is -2.10. The van der Waals surface area contributed by atoms with Crippen molar-refractivity contribution < 1.29 is 4.42 Å². The van der Waals surface area contributed by atoms with Crippen LogP contribution in [0.15, 0.2) is 156 Å². The molecule has 0 N–H and O–H groups in total. The van der Waals surface area contributed by atoms with Crippen LogP contribution in [0, 0.1) is 0 Å². The van der Waals surface area contributed by atoms with Crippen molar-refractivity contribution in [3.05, 3.63) is 152 Å². The molecular formula is C44H25NOS. The van der Waals surface area contributed by atoms with Gasteiger partial charge in [-0.15, -0.1) is 11.3 Å². The zero-order chi connectivity index (χ0) is 30.6. The highest BCUT2D eigenvalue weighted by atomic mass is 32.1. The van der Waals surface area contributed by atoms with Gasteiger partial charge in [0, 0.05) is 48.0 Å². The van der Waals surface area contributed by atoms with E-state index in [0.717, 1.165) is 39.0 Å². The Labute approximate surface area is 274 Å². The average molecular weight is 616 g/mol. The second-order valence-electron chi connectivity index (χ2n) is 12.5. The lowest BCUT2D eigenvalue weighted by Gasteiger charge is -2.27. The molecule has 0 amide bonds. The van der Waals surface area contributed by atoms with Crippen molar-refractivity contribution in [2.24, 2.45) is 0 Å². The molecule has 0 unspecified atom stereocenters. The van der Waals surface area contributed by atoms with Crippen molar-refractivity contribution in [1.82, 2.24) is 0 Å². The molecule has 2 aromatic heterocycles. The highest BCUT2D eigenvalue weighted by Gasteiger charge is 2.24. The molecule has 0 spiro atoms. The van der Waals surface area contributed by atoms with Crippen LogP contribution in [0.5, 0.6) is 0 Å². The van der Waals surface area contributed by atoms with E-state index in [2.05, 4.69) is 157 Å². The molecule has 218 valence electrons. The van der Waals surface area contributed by atoms with E-state index < -0.39 is 0 Å². The van der Waals surface area contributed by atoms with Crippen LogP contribution in [0.3, 0.4) is 0 Å². The van der Waals surface area contributed by atoms with E-state index in [1.165, 1.54) is 64.0 Å². The van der Waals surface area contributed by atoms with E-state index >= 15 is 0 Å². The van der Waals surface area contributed by atoms with Crippen molar-refractivity contribution in [2.75, 3.05) is 4.90 Å². The molecule has 11 rings (SSSR count). The first-order valence-electron chi connectivity index (χ1n) is 16.0. The fourth-order valence-electron chi connectivity index (χ4n) is 7.88. The number of benzene rings is 8. The van der Waals surface area contributed by atoms with Crippen molar-refractivity contribution in [1.29, 1.82) is 0 Å². The number of anilines is 3. The molecule has 8 aromatic carbocycles. The smallest absolute Gasteiger partial charge is 0.136 e. The third kappa shape index (κ3) is 3.55. The minimum atomic E-state index is 0.896. The molecule has 0 atom stereocenters. The zero-order valence-corrected chi connectivity index (χ0v) is 26.0. The van der Waals surface area contributed by atoms with Crippen molar-refractivity contribution in [2.45, 2.75) is 0 Å². The molecule has 0 bridgehead atoms. The third-order valence-electron chi connectivity index (χ3n) is 9.94. The van der Waals surface area contributed by atoms with Crippen LogP contribution in [0.2, 0.25) is 0 Å². The Bertz CT molecular complexity index is 2910. The number of hydrogen-bond donors (Lipinski definition) is 0. The number of furan rings is 1. The van der Waals surface area contributed by atoms with Crippen molar-refractivity contribution >= 4 is 92.1 Å². The largest absolute Gasteiger partial charge is 0.456 e. The van der Waals surface area contributed by atoms with Crippen molar-refractivity contribution in [3.63, 3.8) is 0 Å². The van der Waals surface area contributed by atoms with E-state index in [1.54, 1.807) is 0 Å². The van der Waals surface area contributed by atoms with E-state index in [9.17, 15) is 0 Å². The summed E-state index contributed by atoms with van der Waals surface area (Å²) in [6.07, 6.45) is 0. The molecule has 0 fully saturated rings. The predicted octanol–water partition coefficient (Wildman–Crippen LogP) is 13.4. The number of hydrogen-bond acceptors (Lipinski definition) is 3. The summed E-state index contributed by atoms with van der Waals surface area (Å²) in [5, 5.41) is 10.1. The Morgan fingerprint density at radius 3 is 1.98 bits per heavy atom. The summed E-state index contributed by atoms with van der Waals surface area (Å²) >= 11 is 1.90. The summed E-state index contributed by atoms with van der Waals surface area (Å²) in [6.45, 7) is 0. The molecule has 0 radical (unpaired) electrons. The highest BCUT2D eigenvalue weighted by molar-refractivity contribution is 7.26. The fourth-order valence-corrected chi connectivity index (χ4v) is 9.02. The molecule has 2 nitrogen and oxygen atoms in total. The molecule has 10 aromatic rings. The molecule has 0 saturated carbocycles. The third-order valence-corrected chi connectivity index (χ3v) is 11.1. The van der Waals surface area contributed by atoms with Gasteiger partial charge in [-0.2, -0.15) is 0 Å². The van der Waals surface area contributed by atoms with Gasteiger partial charge in [-0.25, -0.2) is 0 Å². The number of fused-ring (bicyclic) bond motifs is 7. The average Bonchev–Trinajstić information content (AvgIpc) is 3.65. The maximum atomic E-state index is 6.39. The van der Waals surface area contributed by atoms with Gasteiger partial charge in [0.05, 0.1) is 0 Å². The SMILES string of the molecule is c1ccc(N(c2ccc3c(c2)-c2cccc4sc5ccc6cccc-3c6c5c24)c2ccc3oc4cc5ccccc5cc4c3c2)cc1. The summed E-state index contributed by atoms with van der Waals surface area (Å²) in [7, 11) is 0. The predicted molar refractivity (Wildman–Crippen MR) is 201 cm³/mol. The Hall–Kier alpha value is -5.90. The summed E-state index contributed by atoms with van der Waals surface area (Å²) in [5.74, 6) is 0. The Balaban J connectivity index is 1.18. The normalized spacial score (nSPS) is 12.3. The molecule has 0 saturated heterocycles. The number of nitrogens with zero attached hydrogens (tertiary/aromatic N) is 1. The van der Waals surface area contributed by atoms with Gasteiger partial charge in [-0.1, -0.05) is 84.9 Å². The first-order valence-corrected chi connectivity index (χ1v) is 16.8. The lowest BCUT2D eigenvalue weighted by molar-refractivity contribution is 0.669. The van der Waals surface area contributed by atoms with Crippen LogP contribution in [0.1, 0.15) is 0 Å². The van der Waals surface area contributed by atoms with Crippen LogP contribution in [-0.2, 0) is 0 Å². The maximum Gasteiger partial charge on any atom is 0.136 e. The Morgan fingerprint density at radius 1 is 0.383 bits per heavy atom. The van der Waals surface area contributed by atoms with E-state index in [0.29, 0.717) is 0 Å². The fraction of sp³-hybridized carbons (Fsp3) is 0. The molecule has 1 aliphatic carbocycles. The van der Waals surface area contributed by atoms with Gasteiger partial charge < -0.3 is 9.32 Å². The van der Waals surface area contributed by atoms with Gasteiger partial charge in [0.2, 0.25) is 0 Å². The first kappa shape index (κ1) is 25.3. The maximum absolute atomic E-state index is 6.39. The Kier molecular flexibility index (Phi) is 5.02. The Morgan fingerprint density at radius 2 is 1.09 bits per heavy atom. The second-order valence-corrected chi connectivity index (χ2v) is 13.6. The monoisotopic (exact) mass is 615 g/mol. The van der Waals surface area contributed by atoms with E-state index in [1.807, 2.05) is 11.3 Å². The summed E-state index contributed by atoms with van der Waals surface area (Å²) in [6, 6.07) is 55.3. The summed E-state index contributed by atoms with van der Waals surface area (Å²) in [5.41, 5.74) is 10.3. The van der Waals surface area contributed by atoms with Gasteiger partial charge in [-0.3, -0.25) is 0 Å². The first-order chi connectivity index (χ1) is 23.3. The minimum absolute atomic E-state index is 0.896. The molecule has 2 heterocycles. The lowest BCUT2D eigenvalue weighted by atomic mass is 9.93. The molecular weight excluding hydrogens is 591 g/mol. The van der Waals surface area contributed by atoms with Gasteiger partial charge in [-0.05, 0) is 111 Å². The van der Waals surface area contributed by atoms with E-state index in [4.69, 9.17) is 4.42 Å². The summed E-state index contributed by atoms with van der Waals surface area (Å²) < 4.78 is 9.07. The van der Waals surface area contributed by atoms with Crippen LogP contribution in [0.25, 0.3) is 85.9 Å². The van der Waals surface area contributed by atoms with Gasteiger partial charge in [0.25, 0.3) is 0 Å².